The SMILES string of the molecule is CC(C)(C)CN1[C@H]2COc3c4ccc(C(=O)O)cc4nn3[C@H]2[C@H](c2cccc(Cl)c2F)[C@]1(C)C(=O)Nc1cccc(Cl)c1. The fourth-order valence-corrected chi connectivity index (χ4v) is 6.99. The number of carbonyl (C=O) groups is 2. The minimum atomic E-state index is -1.31. The molecule has 0 bridgehead atoms. The van der Waals surface area contributed by atoms with Gasteiger partial charge in [-0.05, 0) is 60.4 Å². The van der Waals surface area contributed by atoms with Gasteiger partial charge >= 0.3 is 5.97 Å². The quantitative estimate of drug-likeness (QED) is 0.247. The number of aromatic carboxylic acids is 1. The standard InChI is InChI=1S/C32H31Cl2FN4O4/c1-31(2,3)16-38-24-15-43-28-20-12-11-17(29(40)41)13-23(20)37-39(28)27(24)25(21-9-6-10-22(34)26(21)35)32(38,4)30(42)36-19-8-5-7-18(33)14-19/h5-14,24-25,27H,15-16H2,1-4H3,(H,36,42)(H,40,41)/t24-,25-,27+,32+/m0/s1. The van der Waals surface area contributed by atoms with Crippen LogP contribution in [0.1, 0.15) is 55.6 Å². The van der Waals surface area contributed by atoms with Crippen LogP contribution in [0, 0.1) is 11.2 Å². The Labute approximate surface area is 258 Å². The Bertz CT molecular complexity index is 1770. The maximum atomic E-state index is 16.1. The van der Waals surface area contributed by atoms with Crippen molar-refractivity contribution >= 4 is 51.7 Å². The number of nitrogens with one attached hydrogen (secondary N) is 1. The number of anilines is 1. The Hall–Kier alpha value is -3.66. The van der Waals surface area contributed by atoms with Crippen LogP contribution in [0.25, 0.3) is 10.9 Å². The molecule has 4 atom stereocenters. The first-order chi connectivity index (χ1) is 20.3. The molecule has 2 N–H and O–H groups in total. The molecule has 1 amide bonds. The Kier molecular flexibility index (Phi) is 7.18. The van der Waals surface area contributed by atoms with Crippen LogP contribution in [-0.4, -0.2) is 56.4 Å². The second kappa shape index (κ2) is 10.5. The summed E-state index contributed by atoms with van der Waals surface area (Å²) < 4.78 is 24.1. The van der Waals surface area contributed by atoms with Gasteiger partial charge in [0.05, 0.1) is 33.6 Å². The van der Waals surface area contributed by atoms with E-state index in [0.717, 1.165) is 0 Å². The first-order valence-corrected chi connectivity index (χ1v) is 14.7. The summed E-state index contributed by atoms with van der Waals surface area (Å²) in [5.41, 5.74) is -0.260. The lowest BCUT2D eigenvalue weighted by Crippen LogP contribution is -2.58. The van der Waals surface area contributed by atoms with Crippen LogP contribution in [0.2, 0.25) is 10.0 Å². The van der Waals surface area contributed by atoms with Gasteiger partial charge in [-0.25, -0.2) is 13.9 Å². The molecule has 1 aromatic heterocycles. The Morgan fingerprint density at radius 1 is 1.14 bits per heavy atom. The summed E-state index contributed by atoms with van der Waals surface area (Å²) in [4.78, 5) is 28.4. The molecule has 6 rings (SSSR count). The second-order valence-electron chi connectivity index (χ2n) is 12.6. The molecule has 3 heterocycles. The van der Waals surface area contributed by atoms with Gasteiger partial charge in [0.25, 0.3) is 0 Å². The van der Waals surface area contributed by atoms with E-state index in [1.807, 2.05) is 6.92 Å². The minimum Gasteiger partial charge on any atom is -0.478 e. The van der Waals surface area contributed by atoms with E-state index in [4.69, 9.17) is 33.0 Å². The van der Waals surface area contributed by atoms with Crippen molar-refractivity contribution in [1.29, 1.82) is 0 Å². The number of likely N-dealkylation sites (tertiary alicyclic amines) is 1. The van der Waals surface area contributed by atoms with E-state index in [-0.39, 0.29) is 34.1 Å². The molecule has 0 spiro atoms. The number of carbonyl (C=O) groups excluding carboxylic acids is 1. The number of hydrogen-bond acceptors (Lipinski definition) is 5. The monoisotopic (exact) mass is 624 g/mol. The Morgan fingerprint density at radius 2 is 1.88 bits per heavy atom. The van der Waals surface area contributed by atoms with Crippen LogP contribution in [0.4, 0.5) is 10.1 Å². The average molecular weight is 626 g/mol. The van der Waals surface area contributed by atoms with Crippen molar-refractivity contribution in [3.05, 3.63) is 87.7 Å². The summed E-state index contributed by atoms with van der Waals surface area (Å²) >= 11 is 12.6. The molecule has 43 heavy (non-hydrogen) atoms. The van der Waals surface area contributed by atoms with Gasteiger partial charge < -0.3 is 15.2 Å². The van der Waals surface area contributed by atoms with Gasteiger partial charge in [-0.1, -0.05) is 62.2 Å². The third-order valence-corrected chi connectivity index (χ3v) is 8.94. The van der Waals surface area contributed by atoms with Crippen molar-refractivity contribution in [1.82, 2.24) is 14.7 Å². The fraction of sp³-hybridized carbons (Fsp3) is 0.344. The smallest absolute Gasteiger partial charge is 0.335 e. The number of fused-ring (bicyclic) bond motifs is 5. The van der Waals surface area contributed by atoms with Gasteiger partial charge in [-0.2, -0.15) is 5.10 Å². The summed E-state index contributed by atoms with van der Waals surface area (Å²) in [6.45, 7) is 8.75. The van der Waals surface area contributed by atoms with Crippen LogP contribution in [0.3, 0.4) is 0 Å². The minimum absolute atomic E-state index is 0.0510. The number of ether oxygens (including phenoxy) is 1. The molecular formula is C32H31Cl2FN4O4. The largest absolute Gasteiger partial charge is 0.478 e. The molecule has 0 saturated carbocycles. The van der Waals surface area contributed by atoms with Crippen LogP contribution < -0.4 is 10.1 Å². The second-order valence-corrected chi connectivity index (χ2v) is 13.4. The number of carboxylic acids is 1. The Morgan fingerprint density at radius 3 is 2.58 bits per heavy atom. The number of benzene rings is 3. The predicted molar refractivity (Wildman–Crippen MR) is 164 cm³/mol. The predicted octanol–water partition coefficient (Wildman–Crippen LogP) is 7.03. The van der Waals surface area contributed by atoms with Crippen molar-refractivity contribution in [2.45, 2.75) is 51.2 Å². The highest BCUT2D eigenvalue weighted by Gasteiger charge is 2.64. The number of hydrogen-bond donors (Lipinski definition) is 2. The molecule has 224 valence electrons. The third kappa shape index (κ3) is 4.93. The van der Waals surface area contributed by atoms with Crippen molar-refractivity contribution in [3.8, 4) is 5.88 Å². The molecule has 2 aliphatic heterocycles. The Balaban J connectivity index is 1.59. The van der Waals surface area contributed by atoms with Crippen molar-refractivity contribution < 1.29 is 23.8 Å². The van der Waals surface area contributed by atoms with Gasteiger partial charge in [-0.15, -0.1) is 0 Å². The van der Waals surface area contributed by atoms with E-state index in [2.05, 4.69) is 31.0 Å². The summed E-state index contributed by atoms with van der Waals surface area (Å²) in [6.07, 6.45) is 0. The molecule has 4 aromatic rings. The lowest BCUT2D eigenvalue weighted by molar-refractivity contribution is -0.128. The third-order valence-electron chi connectivity index (χ3n) is 8.41. The maximum absolute atomic E-state index is 16.1. The van der Waals surface area contributed by atoms with Gasteiger partial charge in [0, 0.05) is 23.2 Å². The summed E-state index contributed by atoms with van der Waals surface area (Å²) in [5.74, 6) is -2.35. The van der Waals surface area contributed by atoms with Crippen LogP contribution in [0.5, 0.6) is 5.88 Å². The highest BCUT2D eigenvalue weighted by atomic mass is 35.5. The zero-order valence-electron chi connectivity index (χ0n) is 24.1. The van der Waals surface area contributed by atoms with E-state index >= 15 is 4.39 Å². The van der Waals surface area contributed by atoms with E-state index in [9.17, 15) is 14.7 Å². The van der Waals surface area contributed by atoms with Gasteiger partial charge in [-0.3, -0.25) is 9.69 Å². The number of carboxylic acid groups (broad SMARTS) is 1. The molecule has 2 aliphatic rings. The number of halogens is 3. The van der Waals surface area contributed by atoms with Gasteiger partial charge in [0.2, 0.25) is 11.8 Å². The molecule has 0 unspecified atom stereocenters. The highest BCUT2D eigenvalue weighted by Crippen LogP contribution is 2.56. The van der Waals surface area contributed by atoms with Crippen LogP contribution in [-0.2, 0) is 4.79 Å². The fourth-order valence-electron chi connectivity index (χ4n) is 6.61. The number of aromatic nitrogens is 2. The molecule has 1 fully saturated rings. The van der Waals surface area contributed by atoms with Crippen molar-refractivity contribution in [2.24, 2.45) is 5.41 Å². The molecule has 0 radical (unpaired) electrons. The molecule has 8 nitrogen and oxygen atoms in total. The molecule has 11 heteroatoms. The van der Waals surface area contributed by atoms with Gasteiger partial charge in [0.15, 0.2) is 0 Å². The van der Waals surface area contributed by atoms with Crippen molar-refractivity contribution in [3.63, 3.8) is 0 Å². The zero-order valence-corrected chi connectivity index (χ0v) is 25.6. The highest BCUT2D eigenvalue weighted by molar-refractivity contribution is 6.31. The van der Waals surface area contributed by atoms with Gasteiger partial charge in [0.1, 0.15) is 18.0 Å². The van der Waals surface area contributed by atoms with Crippen LogP contribution >= 0.6 is 23.2 Å². The molecule has 1 saturated heterocycles. The van der Waals surface area contributed by atoms with E-state index in [1.54, 1.807) is 47.1 Å². The first kappa shape index (κ1) is 29.4. The lowest BCUT2D eigenvalue weighted by atomic mass is 9.77. The summed E-state index contributed by atoms with van der Waals surface area (Å²) in [7, 11) is 0. The topological polar surface area (TPSA) is 96.7 Å². The number of nitrogens with zero attached hydrogens (tertiary/aromatic N) is 3. The first-order valence-electron chi connectivity index (χ1n) is 14.0. The van der Waals surface area contributed by atoms with E-state index in [1.165, 1.54) is 18.2 Å². The maximum Gasteiger partial charge on any atom is 0.335 e. The molecule has 0 aliphatic carbocycles. The number of amides is 1. The average Bonchev–Trinajstić information content (AvgIpc) is 3.42. The van der Waals surface area contributed by atoms with Crippen LogP contribution in [0.15, 0.2) is 60.7 Å². The van der Waals surface area contributed by atoms with E-state index in [0.29, 0.717) is 34.0 Å². The summed E-state index contributed by atoms with van der Waals surface area (Å²) in [6, 6.07) is 15.4. The number of rotatable bonds is 5. The van der Waals surface area contributed by atoms with Crippen molar-refractivity contribution in [2.75, 3.05) is 18.5 Å². The zero-order chi connectivity index (χ0) is 30.8. The summed E-state index contributed by atoms with van der Waals surface area (Å²) in [5, 5.41) is 18.5. The molecule has 3 aromatic carbocycles. The van der Waals surface area contributed by atoms with E-state index < -0.39 is 35.3 Å². The molecular weight excluding hydrogens is 594 g/mol. The lowest BCUT2D eigenvalue weighted by Gasteiger charge is -2.42. The normalized spacial score (nSPS) is 23.5.